The van der Waals surface area contributed by atoms with Crippen LogP contribution in [0.15, 0.2) is 71.8 Å². The van der Waals surface area contributed by atoms with Crippen molar-refractivity contribution in [3.63, 3.8) is 0 Å². The molecule has 3 aromatic carbocycles. The third kappa shape index (κ3) is 7.31. The quantitative estimate of drug-likeness (QED) is 0.167. The Morgan fingerprint density at radius 2 is 1.85 bits per heavy atom. The van der Waals surface area contributed by atoms with Crippen LogP contribution < -0.4 is 14.9 Å². The molecule has 0 radical (unpaired) electrons. The highest BCUT2D eigenvalue weighted by Gasteiger charge is 2.18. The van der Waals surface area contributed by atoms with E-state index in [1.54, 1.807) is 6.21 Å². The van der Waals surface area contributed by atoms with E-state index in [1.807, 2.05) is 78.1 Å². The van der Waals surface area contributed by atoms with Gasteiger partial charge in [-0.3, -0.25) is 4.79 Å². The second kappa shape index (κ2) is 12.7. The molecule has 176 valence electrons. The minimum Gasteiger partial charge on any atom is -0.488 e. The molecule has 5 nitrogen and oxygen atoms in total. The number of thioether (sulfide) groups is 2. The second-order valence-corrected chi connectivity index (χ2v) is 11.6. The molecule has 1 heterocycles. The highest BCUT2D eigenvalue weighted by Crippen LogP contribution is 2.45. The predicted molar refractivity (Wildman–Crippen MR) is 150 cm³/mol. The van der Waals surface area contributed by atoms with Crippen molar-refractivity contribution in [3.05, 3.63) is 92.0 Å². The van der Waals surface area contributed by atoms with Gasteiger partial charge in [-0.2, -0.15) is 5.10 Å². The molecule has 1 amide bonds. The molecular weight excluding hydrogens is 603 g/mol. The molecular formula is C25H22ClIN2O3S2. The van der Waals surface area contributed by atoms with Crippen molar-refractivity contribution in [2.24, 2.45) is 5.10 Å². The lowest BCUT2D eigenvalue weighted by molar-refractivity contribution is -0.123. The van der Waals surface area contributed by atoms with Gasteiger partial charge >= 0.3 is 0 Å². The Bertz CT molecular complexity index is 1160. The number of nitrogens with zero attached hydrogens (tertiary/aromatic N) is 1. The van der Waals surface area contributed by atoms with Gasteiger partial charge in [0.2, 0.25) is 0 Å². The van der Waals surface area contributed by atoms with Gasteiger partial charge in [0.05, 0.1) is 14.4 Å². The molecule has 1 N–H and O–H groups in total. The Morgan fingerprint density at radius 1 is 1.09 bits per heavy atom. The van der Waals surface area contributed by atoms with E-state index in [2.05, 4.69) is 45.3 Å². The van der Waals surface area contributed by atoms with Gasteiger partial charge in [-0.1, -0.05) is 41.9 Å². The number of hydrazone groups is 1. The summed E-state index contributed by atoms with van der Waals surface area (Å²) < 4.78 is 12.9. The summed E-state index contributed by atoms with van der Waals surface area (Å²) >= 11 is 12.3. The zero-order valence-electron chi connectivity index (χ0n) is 18.1. The summed E-state index contributed by atoms with van der Waals surface area (Å²) in [5.74, 6) is 3.48. The largest absolute Gasteiger partial charge is 0.488 e. The summed E-state index contributed by atoms with van der Waals surface area (Å²) in [6, 6.07) is 21.2. The molecule has 0 atom stereocenters. The van der Waals surface area contributed by atoms with Crippen molar-refractivity contribution in [3.8, 4) is 11.5 Å². The summed E-state index contributed by atoms with van der Waals surface area (Å²) in [5, 5.41) is 4.71. The minimum absolute atomic E-state index is 0.101. The summed E-state index contributed by atoms with van der Waals surface area (Å²) in [6.45, 7) is 0.288. The van der Waals surface area contributed by atoms with Gasteiger partial charge in [-0.05, 0) is 70.1 Å². The summed E-state index contributed by atoms with van der Waals surface area (Å²) in [7, 11) is 0. The molecule has 34 heavy (non-hydrogen) atoms. The first-order chi connectivity index (χ1) is 16.6. The van der Waals surface area contributed by atoms with Crippen molar-refractivity contribution in [1.29, 1.82) is 0 Å². The number of halogens is 2. The maximum absolute atomic E-state index is 12.1. The molecule has 0 saturated carbocycles. The maximum Gasteiger partial charge on any atom is 0.277 e. The number of benzene rings is 3. The van der Waals surface area contributed by atoms with Crippen LogP contribution in [0.25, 0.3) is 0 Å². The fourth-order valence-corrected chi connectivity index (χ4v) is 6.86. The van der Waals surface area contributed by atoms with Crippen molar-refractivity contribution >= 4 is 69.8 Å². The van der Waals surface area contributed by atoms with Crippen molar-refractivity contribution in [2.45, 2.75) is 11.2 Å². The van der Waals surface area contributed by atoms with Crippen LogP contribution in [0, 0.1) is 3.57 Å². The summed E-state index contributed by atoms with van der Waals surface area (Å²) in [6.07, 6.45) is 1.59. The molecule has 1 aliphatic rings. The van der Waals surface area contributed by atoms with E-state index >= 15 is 0 Å². The third-order valence-electron chi connectivity index (χ3n) is 4.84. The Balaban J connectivity index is 1.22. The standard InChI is InChI=1S/C25H22ClIN2O3S2/c26-21-4-2-1-3-19(21)15-32-23-10-5-17(13-22(23)27)14-28-29-24(30)16-31-20-8-6-18(7-9-20)25-33-11-12-34-25/h1-10,13-14,25H,11-12,15-16H2,(H,29,30)/b28-14-. The number of carbonyl (C=O) groups is 1. The van der Waals surface area contributed by atoms with E-state index < -0.39 is 0 Å². The Morgan fingerprint density at radius 3 is 2.59 bits per heavy atom. The lowest BCUT2D eigenvalue weighted by Gasteiger charge is -2.10. The van der Waals surface area contributed by atoms with E-state index in [1.165, 1.54) is 17.1 Å². The SMILES string of the molecule is O=C(COc1ccc(C2SCCS2)cc1)N/N=C\c1ccc(OCc2ccccc2Cl)c(I)c1. The molecule has 1 saturated heterocycles. The first-order valence-electron chi connectivity index (χ1n) is 10.5. The van der Waals surface area contributed by atoms with Crippen molar-refractivity contribution in [1.82, 2.24) is 5.43 Å². The molecule has 0 bridgehead atoms. The lowest BCUT2D eigenvalue weighted by atomic mass is 10.2. The van der Waals surface area contributed by atoms with Crippen LogP contribution in [0.2, 0.25) is 5.02 Å². The van der Waals surface area contributed by atoms with Gasteiger partial charge in [0, 0.05) is 22.1 Å². The third-order valence-corrected chi connectivity index (χ3v) is 9.16. The molecule has 0 aliphatic carbocycles. The average molecular weight is 625 g/mol. The smallest absolute Gasteiger partial charge is 0.277 e. The van der Waals surface area contributed by atoms with E-state index in [-0.39, 0.29) is 12.5 Å². The molecule has 0 spiro atoms. The van der Waals surface area contributed by atoms with Crippen LogP contribution in [0.5, 0.6) is 11.5 Å². The highest BCUT2D eigenvalue weighted by molar-refractivity contribution is 14.1. The van der Waals surface area contributed by atoms with Crippen molar-refractivity contribution in [2.75, 3.05) is 18.1 Å². The number of hydrogen-bond acceptors (Lipinski definition) is 6. The molecule has 3 aromatic rings. The topological polar surface area (TPSA) is 59.9 Å². The van der Waals surface area contributed by atoms with Crippen LogP contribution in [0.4, 0.5) is 0 Å². The highest BCUT2D eigenvalue weighted by atomic mass is 127. The van der Waals surface area contributed by atoms with Crippen LogP contribution in [0.3, 0.4) is 0 Å². The Hall–Kier alpha value is -1.88. The predicted octanol–water partition coefficient (Wildman–Crippen LogP) is 6.53. The summed E-state index contributed by atoms with van der Waals surface area (Å²) in [4.78, 5) is 12.1. The van der Waals surface area contributed by atoms with E-state index in [4.69, 9.17) is 21.1 Å². The normalized spacial score (nSPS) is 13.8. The fourth-order valence-electron chi connectivity index (χ4n) is 3.12. The number of ether oxygens (including phenoxy) is 2. The maximum atomic E-state index is 12.1. The monoisotopic (exact) mass is 624 g/mol. The van der Waals surface area contributed by atoms with E-state index in [9.17, 15) is 4.79 Å². The molecule has 0 unspecified atom stereocenters. The van der Waals surface area contributed by atoms with Crippen LogP contribution in [0.1, 0.15) is 21.3 Å². The van der Waals surface area contributed by atoms with Gasteiger partial charge in [-0.25, -0.2) is 5.43 Å². The molecule has 9 heteroatoms. The van der Waals surface area contributed by atoms with Crippen LogP contribution >= 0.6 is 57.7 Å². The number of amides is 1. The number of nitrogens with one attached hydrogen (secondary N) is 1. The van der Waals surface area contributed by atoms with Gasteiger partial charge in [-0.15, -0.1) is 23.5 Å². The van der Waals surface area contributed by atoms with Gasteiger partial charge in [0.25, 0.3) is 5.91 Å². The lowest BCUT2D eigenvalue weighted by Crippen LogP contribution is -2.24. The minimum atomic E-state index is -0.323. The summed E-state index contributed by atoms with van der Waals surface area (Å²) in [5.41, 5.74) is 5.55. The first-order valence-corrected chi connectivity index (χ1v) is 14.1. The zero-order chi connectivity index (χ0) is 23.8. The zero-order valence-corrected chi connectivity index (χ0v) is 22.6. The average Bonchev–Trinajstić information content (AvgIpc) is 3.39. The van der Waals surface area contributed by atoms with Gasteiger partial charge < -0.3 is 9.47 Å². The Labute approximate surface area is 226 Å². The molecule has 4 rings (SSSR count). The first kappa shape index (κ1) is 25.2. The molecule has 0 aromatic heterocycles. The van der Waals surface area contributed by atoms with Crippen molar-refractivity contribution < 1.29 is 14.3 Å². The van der Waals surface area contributed by atoms with E-state index in [0.717, 1.165) is 20.4 Å². The van der Waals surface area contributed by atoms with E-state index in [0.29, 0.717) is 22.0 Å². The van der Waals surface area contributed by atoms with Gasteiger partial charge in [0.1, 0.15) is 18.1 Å². The van der Waals surface area contributed by atoms with Crippen LogP contribution in [-0.2, 0) is 11.4 Å². The van der Waals surface area contributed by atoms with Gasteiger partial charge in [0.15, 0.2) is 6.61 Å². The molecule has 1 aliphatic heterocycles. The van der Waals surface area contributed by atoms with Crippen LogP contribution in [-0.4, -0.2) is 30.2 Å². The second-order valence-electron chi connectivity index (χ2n) is 7.29. The number of rotatable bonds is 9. The fraction of sp³-hybridized carbons (Fsp3) is 0.200. The molecule has 1 fully saturated rings. The Kier molecular flexibility index (Phi) is 9.43. The number of carbonyl (C=O) groups excluding carboxylic acids is 1. The number of hydrogen-bond donors (Lipinski definition) is 1.